The van der Waals surface area contributed by atoms with Crippen LogP contribution in [0, 0.1) is 0 Å². The molecule has 0 heterocycles. The van der Waals surface area contributed by atoms with Crippen LogP contribution in [0.25, 0.3) is 0 Å². The number of aliphatic hydroxyl groups excluding tert-OH is 1. The summed E-state index contributed by atoms with van der Waals surface area (Å²) < 4.78 is 10.8. The number of carbonyl (C=O) groups is 2. The molecule has 0 fully saturated rings. The third-order valence-corrected chi connectivity index (χ3v) is 3.63. The molecule has 0 saturated carbocycles. The van der Waals surface area contributed by atoms with E-state index in [-0.39, 0.29) is 19.1 Å². The summed E-state index contributed by atoms with van der Waals surface area (Å²) in [7, 11) is 0. The fourth-order valence-electron chi connectivity index (χ4n) is 2.39. The van der Waals surface area contributed by atoms with E-state index in [2.05, 4.69) is 5.32 Å². The van der Waals surface area contributed by atoms with Crippen molar-refractivity contribution in [3.8, 4) is 0 Å². The molecule has 0 bridgehead atoms. The molecule has 1 aliphatic rings. The first-order chi connectivity index (χ1) is 10.1. The number of rotatable bonds is 8. The Morgan fingerprint density at radius 1 is 1.48 bits per heavy atom. The lowest BCUT2D eigenvalue weighted by atomic mass is 9.90. The van der Waals surface area contributed by atoms with Crippen molar-refractivity contribution in [3.05, 3.63) is 11.6 Å². The minimum absolute atomic E-state index is 0.000623. The lowest BCUT2D eigenvalue weighted by Crippen LogP contribution is -2.50. The Hall–Kier alpha value is -1.40. The molecule has 1 amide bonds. The van der Waals surface area contributed by atoms with E-state index in [1.165, 1.54) is 0 Å². The molecule has 6 heteroatoms. The highest BCUT2D eigenvalue weighted by atomic mass is 16.5. The standard InChI is InChI=1S/C15H25NO5/c1-4-11(5-2)21-13-8-10(15(19)20-6-3)7-12(14(13)18)16-9-17/h8-9,11-14,18H,4-7H2,1-3H3,(H,16,17)/t12-,13-,14+/m1/s1. The van der Waals surface area contributed by atoms with Gasteiger partial charge < -0.3 is 19.9 Å². The minimum Gasteiger partial charge on any atom is -0.463 e. The van der Waals surface area contributed by atoms with Gasteiger partial charge in [0.1, 0.15) is 12.2 Å². The van der Waals surface area contributed by atoms with Gasteiger partial charge in [0.15, 0.2) is 0 Å². The first-order valence-corrected chi connectivity index (χ1v) is 7.48. The maximum atomic E-state index is 11.9. The number of hydrogen-bond acceptors (Lipinski definition) is 5. The van der Waals surface area contributed by atoms with Crippen molar-refractivity contribution < 1.29 is 24.2 Å². The zero-order chi connectivity index (χ0) is 15.8. The molecule has 0 aromatic heterocycles. The molecule has 0 radical (unpaired) electrons. The average Bonchev–Trinajstić information content (AvgIpc) is 2.48. The monoisotopic (exact) mass is 299 g/mol. The highest BCUT2D eigenvalue weighted by Crippen LogP contribution is 2.24. The Balaban J connectivity index is 2.91. The Morgan fingerprint density at radius 2 is 2.14 bits per heavy atom. The van der Waals surface area contributed by atoms with Gasteiger partial charge in [-0.3, -0.25) is 4.79 Å². The second-order valence-corrected chi connectivity index (χ2v) is 5.04. The van der Waals surface area contributed by atoms with Crippen molar-refractivity contribution in [2.45, 2.75) is 64.4 Å². The summed E-state index contributed by atoms with van der Waals surface area (Å²) in [5.74, 6) is -0.430. The van der Waals surface area contributed by atoms with E-state index in [1.54, 1.807) is 13.0 Å². The van der Waals surface area contributed by atoms with Crippen LogP contribution in [0.5, 0.6) is 0 Å². The Bertz CT molecular complexity index is 378. The largest absolute Gasteiger partial charge is 0.463 e. The highest BCUT2D eigenvalue weighted by Gasteiger charge is 2.35. The maximum Gasteiger partial charge on any atom is 0.333 e. The van der Waals surface area contributed by atoms with Gasteiger partial charge >= 0.3 is 5.97 Å². The van der Waals surface area contributed by atoms with Gasteiger partial charge in [0.2, 0.25) is 6.41 Å². The molecule has 1 aliphatic carbocycles. The number of amides is 1. The van der Waals surface area contributed by atoms with E-state index in [0.717, 1.165) is 12.8 Å². The van der Waals surface area contributed by atoms with Crippen molar-refractivity contribution >= 4 is 12.4 Å². The van der Waals surface area contributed by atoms with E-state index in [9.17, 15) is 14.7 Å². The van der Waals surface area contributed by atoms with Crippen molar-refractivity contribution in [2.24, 2.45) is 0 Å². The zero-order valence-corrected chi connectivity index (χ0v) is 12.9. The molecule has 0 saturated heterocycles. The molecule has 6 nitrogen and oxygen atoms in total. The molecular formula is C15H25NO5. The predicted molar refractivity (Wildman–Crippen MR) is 77.6 cm³/mol. The highest BCUT2D eigenvalue weighted by molar-refractivity contribution is 5.89. The molecule has 0 spiro atoms. The zero-order valence-electron chi connectivity index (χ0n) is 12.9. The maximum absolute atomic E-state index is 11.9. The van der Waals surface area contributed by atoms with Crippen LogP contribution >= 0.6 is 0 Å². The topological polar surface area (TPSA) is 84.9 Å². The quantitative estimate of drug-likeness (QED) is 0.514. The summed E-state index contributed by atoms with van der Waals surface area (Å²) in [6, 6.07) is -0.550. The average molecular weight is 299 g/mol. The third kappa shape index (κ3) is 4.82. The van der Waals surface area contributed by atoms with Gasteiger partial charge in [-0.1, -0.05) is 13.8 Å². The van der Waals surface area contributed by atoms with Gasteiger partial charge in [-0.15, -0.1) is 0 Å². The lowest BCUT2D eigenvalue weighted by molar-refractivity contribution is -0.140. The summed E-state index contributed by atoms with van der Waals surface area (Å²) in [5, 5.41) is 12.8. The molecule has 120 valence electrons. The first-order valence-electron chi connectivity index (χ1n) is 7.48. The Kier molecular flexibility index (Phi) is 7.39. The van der Waals surface area contributed by atoms with Gasteiger partial charge in [-0.05, 0) is 25.8 Å². The van der Waals surface area contributed by atoms with Crippen molar-refractivity contribution in [2.75, 3.05) is 6.61 Å². The molecule has 0 aromatic carbocycles. The molecule has 2 N–H and O–H groups in total. The van der Waals surface area contributed by atoms with E-state index >= 15 is 0 Å². The molecule has 21 heavy (non-hydrogen) atoms. The van der Waals surface area contributed by atoms with E-state index < -0.39 is 24.2 Å². The Labute approximate surface area is 125 Å². The number of nitrogens with one attached hydrogen (secondary N) is 1. The molecule has 0 aliphatic heterocycles. The van der Waals surface area contributed by atoms with Crippen LogP contribution in [0.4, 0.5) is 0 Å². The number of esters is 1. The van der Waals surface area contributed by atoms with Crippen LogP contribution in [-0.2, 0) is 19.1 Å². The number of ether oxygens (including phenoxy) is 2. The fraction of sp³-hybridized carbons (Fsp3) is 0.733. The summed E-state index contributed by atoms with van der Waals surface area (Å²) >= 11 is 0. The van der Waals surface area contributed by atoms with Crippen LogP contribution < -0.4 is 5.32 Å². The molecule has 0 aromatic rings. The van der Waals surface area contributed by atoms with Crippen LogP contribution in [0.15, 0.2) is 11.6 Å². The smallest absolute Gasteiger partial charge is 0.333 e. The van der Waals surface area contributed by atoms with Gasteiger partial charge in [-0.2, -0.15) is 0 Å². The van der Waals surface area contributed by atoms with Crippen LogP contribution in [-0.4, -0.2) is 48.4 Å². The Morgan fingerprint density at radius 3 is 2.67 bits per heavy atom. The number of hydrogen-bond donors (Lipinski definition) is 2. The number of carbonyl (C=O) groups excluding carboxylic acids is 2. The van der Waals surface area contributed by atoms with Crippen molar-refractivity contribution in [1.82, 2.24) is 5.32 Å². The molecule has 3 atom stereocenters. The second kappa shape index (κ2) is 8.79. The third-order valence-electron chi connectivity index (χ3n) is 3.63. The first kappa shape index (κ1) is 17.7. The van der Waals surface area contributed by atoms with E-state index in [0.29, 0.717) is 12.0 Å². The second-order valence-electron chi connectivity index (χ2n) is 5.04. The van der Waals surface area contributed by atoms with Crippen LogP contribution in [0.3, 0.4) is 0 Å². The molecular weight excluding hydrogens is 274 g/mol. The predicted octanol–water partition coefficient (Wildman–Crippen LogP) is 0.929. The van der Waals surface area contributed by atoms with E-state index in [4.69, 9.17) is 9.47 Å². The van der Waals surface area contributed by atoms with Crippen LogP contribution in [0.2, 0.25) is 0 Å². The summed E-state index contributed by atoms with van der Waals surface area (Å²) in [5.41, 5.74) is 0.428. The van der Waals surface area contributed by atoms with Gasteiger partial charge in [0.05, 0.1) is 18.8 Å². The lowest BCUT2D eigenvalue weighted by Gasteiger charge is -2.34. The van der Waals surface area contributed by atoms with Crippen LogP contribution in [0.1, 0.15) is 40.0 Å². The summed E-state index contributed by atoms with van der Waals surface area (Å²) in [6.45, 7) is 6.01. The SMILES string of the molecule is CCOC(=O)C1=C[C@@H](OC(CC)CC)[C@@H](O)[C@H](NC=O)C1. The van der Waals surface area contributed by atoms with E-state index in [1.807, 2.05) is 13.8 Å². The van der Waals surface area contributed by atoms with Gasteiger partial charge in [0.25, 0.3) is 0 Å². The van der Waals surface area contributed by atoms with Gasteiger partial charge in [-0.25, -0.2) is 4.79 Å². The van der Waals surface area contributed by atoms with Crippen molar-refractivity contribution in [1.29, 1.82) is 0 Å². The van der Waals surface area contributed by atoms with Crippen molar-refractivity contribution in [3.63, 3.8) is 0 Å². The molecule has 1 rings (SSSR count). The van der Waals surface area contributed by atoms with Gasteiger partial charge in [0, 0.05) is 12.0 Å². The summed E-state index contributed by atoms with van der Waals surface area (Å²) in [4.78, 5) is 22.5. The molecule has 0 unspecified atom stereocenters. The normalized spacial score (nSPS) is 25.4. The summed E-state index contributed by atoms with van der Waals surface area (Å²) in [6.07, 6.45) is 2.50. The number of aliphatic hydroxyl groups is 1. The fourth-order valence-corrected chi connectivity index (χ4v) is 2.39. The minimum atomic E-state index is -0.881.